The molecule has 3 atom stereocenters. The highest BCUT2D eigenvalue weighted by Gasteiger charge is 2.27. The van der Waals surface area contributed by atoms with E-state index in [-0.39, 0.29) is 31.3 Å². The predicted octanol–water partition coefficient (Wildman–Crippen LogP) is 18.0. The maximum Gasteiger partial charge on any atom is 0.306 e. The molecule has 426 valence electrons. The van der Waals surface area contributed by atoms with Gasteiger partial charge < -0.3 is 28.5 Å². The summed E-state index contributed by atoms with van der Waals surface area (Å²) >= 11 is 0. The zero-order valence-electron chi connectivity index (χ0n) is 48.6. The number of esters is 1. The van der Waals surface area contributed by atoms with Crippen LogP contribution in [0.2, 0.25) is 0 Å². The maximum absolute atomic E-state index is 13.5. The summed E-state index contributed by atoms with van der Waals surface area (Å²) in [5.41, 5.74) is 0. The number of nitrogens with one attached hydrogen (secondary N) is 1. The second-order valence-electron chi connectivity index (χ2n) is 21.9. The van der Waals surface area contributed by atoms with Crippen molar-refractivity contribution in [3.8, 4) is 0 Å². The van der Waals surface area contributed by atoms with Gasteiger partial charge in [-0.15, -0.1) is 0 Å². The van der Waals surface area contributed by atoms with Crippen LogP contribution in [0, 0.1) is 0 Å². The van der Waals surface area contributed by atoms with Gasteiger partial charge in [-0.2, -0.15) is 0 Å². The summed E-state index contributed by atoms with van der Waals surface area (Å²) in [7, 11) is 1.17. The number of hydrogen-bond donors (Lipinski definition) is 1. The first-order valence-electron chi connectivity index (χ1n) is 30.6. The number of rotatable bonds is 55. The molecule has 0 aromatic carbocycles. The van der Waals surface area contributed by atoms with E-state index in [0.717, 1.165) is 77.0 Å². The van der Waals surface area contributed by atoms with Crippen LogP contribution >= 0.6 is 7.82 Å². The maximum atomic E-state index is 13.5. The third-order valence-corrected chi connectivity index (χ3v) is 14.4. The first kappa shape index (κ1) is 70.7. The van der Waals surface area contributed by atoms with Gasteiger partial charge in [-0.1, -0.05) is 249 Å². The molecular weight excluding hydrogens is 928 g/mol. The summed E-state index contributed by atoms with van der Waals surface area (Å²) in [5, 5.41) is 3.01. The van der Waals surface area contributed by atoms with Gasteiger partial charge >= 0.3 is 5.97 Å². The zero-order valence-corrected chi connectivity index (χ0v) is 49.5. The number of carbonyl (C=O) groups excluding carboxylic acids is 2. The van der Waals surface area contributed by atoms with Gasteiger partial charge in [0.1, 0.15) is 19.3 Å². The van der Waals surface area contributed by atoms with Crippen LogP contribution in [0.15, 0.2) is 60.8 Å². The van der Waals surface area contributed by atoms with Crippen molar-refractivity contribution in [3.05, 3.63) is 60.8 Å². The highest BCUT2D eigenvalue weighted by atomic mass is 31.2. The third kappa shape index (κ3) is 54.3. The van der Waals surface area contributed by atoms with Crippen LogP contribution in [0.1, 0.15) is 278 Å². The molecule has 3 unspecified atom stereocenters. The van der Waals surface area contributed by atoms with E-state index in [2.05, 4.69) is 74.7 Å². The lowest BCUT2D eigenvalue weighted by atomic mass is 10.0. The lowest BCUT2D eigenvalue weighted by Crippen LogP contribution is -2.47. The highest BCUT2D eigenvalue weighted by molar-refractivity contribution is 7.45. The molecule has 0 aliphatic carbocycles. The fourth-order valence-electron chi connectivity index (χ4n) is 8.68. The molecule has 0 aliphatic rings. The molecule has 0 radical (unpaired) electrons. The average molecular weight is 1050 g/mol. The van der Waals surface area contributed by atoms with E-state index in [0.29, 0.717) is 17.4 Å². The molecule has 0 aliphatic heterocycles. The minimum atomic E-state index is -4.70. The van der Waals surface area contributed by atoms with E-state index in [4.69, 9.17) is 13.8 Å². The van der Waals surface area contributed by atoms with Crippen molar-refractivity contribution in [1.82, 2.24) is 5.32 Å². The number of likely N-dealkylation sites (N-methyl/N-ethyl adjacent to an activating group) is 1. The molecule has 0 saturated heterocycles. The highest BCUT2D eigenvalue weighted by Crippen LogP contribution is 2.38. The van der Waals surface area contributed by atoms with Gasteiger partial charge in [0.05, 0.1) is 33.8 Å². The average Bonchev–Trinajstić information content (AvgIpc) is 3.35. The van der Waals surface area contributed by atoms with Gasteiger partial charge in [0, 0.05) is 12.8 Å². The molecule has 1 N–H and O–H groups in total. The Labute approximate surface area is 451 Å². The molecule has 0 aromatic rings. The lowest BCUT2D eigenvalue weighted by molar-refractivity contribution is -0.870. The van der Waals surface area contributed by atoms with E-state index < -0.39 is 26.6 Å². The number of carbonyl (C=O) groups is 2. The number of ether oxygens (including phenoxy) is 1. The monoisotopic (exact) mass is 1040 g/mol. The molecule has 0 aromatic heterocycles. The number of nitrogens with zero attached hydrogens (tertiary/aromatic N) is 1. The van der Waals surface area contributed by atoms with Crippen LogP contribution in [-0.4, -0.2) is 69.4 Å². The van der Waals surface area contributed by atoms with Crippen LogP contribution in [-0.2, 0) is 27.9 Å². The van der Waals surface area contributed by atoms with Gasteiger partial charge in [-0.3, -0.25) is 14.2 Å². The Morgan fingerprint density at radius 2 is 0.836 bits per heavy atom. The minimum Gasteiger partial charge on any atom is -0.756 e. The molecule has 0 rings (SSSR count). The molecule has 9 nitrogen and oxygen atoms in total. The Balaban J connectivity index is 5.29. The Morgan fingerprint density at radius 3 is 1.29 bits per heavy atom. The van der Waals surface area contributed by atoms with Crippen LogP contribution in [0.25, 0.3) is 0 Å². The predicted molar refractivity (Wildman–Crippen MR) is 312 cm³/mol. The second kappa shape index (κ2) is 53.1. The quantitative estimate of drug-likeness (QED) is 0.0212. The molecule has 0 heterocycles. The first-order chi connectivity index (χ1) is 35.4. The summed E-state index contributed by atoms with van der Waals surface area (Å²) in [4.78, 5) is 39.9. The number of amides is 1. The van der Waals surface area contributed by atoms with E-state index in [1.54, 1.807) is 0 Å². The smallest absolute Gasteiger partial charge is 0.306 e. The Hall–Kier alpha value is -2.29. The van der Waals surface area contributed by atoms with Gasteiger partial charge in [-0.05, 0) is 76.7 Å². The van der Waals surface area contributed by atoms with Crippen LogP contribution in [0.3, 0.4) is 0 Å². The van der Waals surface area contributed by atoms with E-state index >= 15 is 0 Å². The second-order valence-corrected chi connectivity index (χ2v) is 23.3. The number of phosphoric acid groups is 1. The Kier molecular flexibility index (Phi) is 51.5. The fraction of sp³-hybridized carbons (Fsp3) is 0.810. The summed E-state index contributed by atoms with van der Waals surface area (Å²) in [6, 6.07) is -0.903. The van der Waals surface area contributed by atoms with Gasteiger partial charge in [0.2, 0.25) is 5.91 Å². The first-order valence-corrected chi connectivity index (χ1v) is 32.1. The number of allylic oxidation sites excluding steroid dienone is 9. The Bertz CT molecular complexity index is 1440. The molecule has 0 saturated carbocycles. The number of hydrogen-bond acceptors (Lipinski definition) is 7. The van der Waals surface area contributed by atoms with Crippen molar-refractivity contribution in [2.75, 3.05) is 40.9 Å². The molecule has 10 heteroatoms. The molecule has 0 bridgehead atoms. The standard InChI is InChI=1S/C63H117N2O7P/c1-7-10-13-16-19-22-25-27-29-31-32-34-35-37-40-43-46-49-52-55-62(66)64-60(59-71-73(68,69)70-58-57-65(4,5)6)61(54-51-48-45-42-39-24-21-18-15-12-9-3)72-63(67)56-53-50-47-44-41-38-36-33-30-28-26-23-20-17-14-11-8-2/h19,22,27,29,32,34,37,40,51,54,60-61H,7-18,20-21,23-26,28,30-31,33,35-36,38-39,41-50,52-53,55-59H2,1-6H3,(H-,64,66,68,69)/b22-19-,29-27-,34-32-,40-37-,54-51+. The van der Waals surface area contributed by atoms with Crippen molar-refractivity contribution in [2.45, 2.75) is 290 Å². The topological polar surface area (TPSA) is 114 Å². The number of phosphoric ester groups is 1. The van der Waals surface area contributed by atoms with Crippen LogP contribution in [0.5, 0.6) is 0 Å². The minimum absolute atomic E-state index is 0.0290. The molecule has 0 fully saturated rings. The van der Waals surface area contributed by atoms with E-state index in [9.17, 15) is 19.0 Å². The Morgan fingerprint density at radius 1 is 0.479 bits per heavy atom. The van der Waals surface area contributed by atoms with Gasteiger partial charge in [0.15, 0.2) is 0 Å². The lowest BCUT2D eigenvalue weighted by Gasteiger charge is -2.30. The van der Waals surface area contributed by atoms with Gasteiger partial charge in [-0.25, -0.2) is 0 Å². The van der Waals surface area contributed by atoms with Crippen molar-refractivity contribution in [1.29, 1.82) is 0 Å². The summed E-state index contributed by atoms with van der Waals surface area (Å²) < 4.78 is 30.3. The summed E-state index contributed by atoms with van der Waals surface area (Å²) in [5.74, 6) is -0.571. The van der Waals surface area contributed by atoms with E-state index in [1.165, 1.54) is 161 Å². The summed E-state index contributed by atoms with van der Waals surface area (Å²) in [6.07, 6.45) is 66.1. The van der Waals surface area contributed by atoms with Crippen molar-refractivity contribution < 1.29 is 37.3 Å². The van der Waals surface area contributed by atoms with Crippen LogP contribution < -0.4 is 10.2 Å². The normalized spacial score (nSPS) is 14.1. The number of quaternary nitrogens is 1. The summed E-state index contributed by atoms with van der Waals surface area (Å²) in [6.45, 7) is 6.80. The van der Waals surface area contributed by atoms with Gasteiger partial charge in [0.25, 0.3) is 7.82 Å². The molecular formula is C63H117N2O7P. The molecule has 1 amide bonds. The van der Waals surface area contributed by atoms with Crippen molar-refractivity contribution in [2.24, 2.45) is 0 Å². The SMILES string of the molecule is CCCCC/C=C\C/C=C\C/C=C\C/C=C\CCCCCC(=O)NC(COP(=O)([O-])OCC[N+](C)(C)C)C(/C=C/CCCCCCCCCCC)OC(=O)CCCCCCCCCCCCCCCCCCC. The number of unbranched alkanes of at least 4 members (excludes halogenated alkanes) is 31. The molecule has 73 heavy (non-hydrogen) atoms. The van der Waals surface area contributed by atoms with Crippen molar-refractivity contribution >= 4 is 19.7 Å². The van der Waals surface area contributed by atoms with Crippen molar-refractivity contribution in [3.63, 3.8) is 0 Å². The van der Waals surface area contributed by atoms with E-state index in [1.807, 2.05) is 33.3 Å². The largest absolute Gasteiger partial charge is 0.756 e. The zero-order chi connectivity index (χ0) is 53.6. The molecule has 0 spiro atoms. The third-order valence-electron chi connectivity index (χ3n) is 13.5. The fourth-order valence-corrected chi connectivity index (χ4v) is 9.41. The van der Waals surface area contributed by atoms with Crippen LogP contribution in [0.4, 0.5) is 0 Å².